The maximum absolute atomic E-state index is 10.5. The summed E-state index contributed by atoms with van der Waals surface area (Å²) in [4.78, 5) is 15.0. The van der Waals surface area contributed by atoms with Gasteiger partial charge in [-0.05, 0) is 35.5 Å². The second-order valence-electron chi connectivity index (χ2n) is 3.69. The Morgan fingerprint density at radius 1 is 1.24 bits per heavy atom. The van der Waals surface area contributed by atoms with E-state index in [0.717, 1.165) is 17.2 Å². The van der Waals surface area contributed by atoms with Gasteiger partial charge in [0.05, 0.1) is 10.7 Å². The van der Waals surface area contributed by atoms with Gasteiger partial charge in [-0.15, -0.1) is 0 Å². The predicted molar refractivity (Wildman–Crippen MR) is 67.2 cm³/mol. The molecule has 0 atom stereocenters. The molecule has 0 saturated carbocycles. The maximum atomic E-state index is 10.5. The molecule has 3 rings (SSSR count). The average molecular weight is 243 g/mol. The molecule has 0 fully saturated rings. The summed E-state index contributed by atoms with van der Waals surface area (Å²) in [5.41, 5.74) is 2.26. The number of nitrogens with zero attached hydrogens (tertiary/aromatic N) is 1. The molecular formula is C13H9NO2S. The minimum atomic E-state index is 0.351. The highest BCUT2D eigenvalue weighted by Crippen LogP contribution is 2.33. The highest BCUT2D eigenvalue weighted by Gasteiger charge is 2.16. The van der Waals surface area contributed by atoms with E-state index in [0.29, 0.717) is 17.1 Å². The van der Waals surface area contributed by atoms with Crippen molar-refractivity contribution in [2.24, 2.45) is 4.99 Å². The van der Waals surface area contributed by atoms with Crippen molar-refractivity contribution in [3.05, 3.63) is 47.7 Å². The third-order valence-corrected chi connectivity index (χ3v) is 3.41. The number of furan rings is 1. The van der Waals surface area contributed by atoms with Gasteiger partial charge in [0.2, 0.25) is 0 Å². The Bertz CT molecular complexity index is 601. The number of carbonyl (C=O) groups excluding carboxylic acids is 1. The largest absolute Gasteiger partial charge is 0.447 e. The Morgan fingerprint density at radius 3 is 2.88 bits per heavy atom. The standard InChI is InChI=1S/C13H9NO2S/c15-8-10-5-6-13(16-10)17-12-7-9-3-1-2-4-11(9)14-12/h1-6,8H,7H2. The minimum absolute atomic E-state index is 0.351. The normalized spacial score (nSPS) is 13.3. The molecule has 0 N–H and O–H groups in total. The summed E-state index contributed by atoms with van der Waals surface area (Å²) in [6.45, 7) is 0. The van der Waals surface area contributed by atoms with Gasteiger partial charge in [0.25, 0.3) is 0 Å². The van der Waals surface area contributed by atoms with Crippen molar-refractivity contribution in [3.63, 3.8) is 0 Å². The van der Waals surface area contributed by atoms with Crippen molar-refractivity contribution in [3.8, 4) is 0 Å². The zero-order valence-electron chi connectivity index (χ0n) is 8.92. The Kier molecular flexibility index (Phi) is 2.57. The van der Waals surface area contributed by atoms with Crippen LogP contribution in [0.4, 0.5) is 5.69 Å². The molecule has 2 heterocycles. The van der Waals surface area contributed by atoms with E-state index in [1.807, 2.05) is 18.2 Å². The van der Waals surface area contributed by atoms with Crippen LogP contribution in [0.1, 0.15) is 16.1 Å². The van der Waals surface area contributed by atoms with Crippen molar-refractivity contribution in [1.29, 1.82) is 0 Å². The molecule has 1 aliphatic heterocycles. The lowest BCUT2D eigenvalue weighted by molar-refractivity contribution is 0.109. The molecule has 4 heteroatoms. The molecule has 0 bridgehead atoms. The average Bonchev–Trinajstić information content (AvgIpc) is 2.94. The van der Waals surface area contributed by atoms with Crippen LogP contribution in [0.25, 0.3) is 0 Å². The monoisotopic (exact) mass is 243 g/mol. The fraction of sp³-hybridized carbons (Fsp3) is 0.0769. The molecule has 1 aromatic carbocycles. The maximum Gasteiger partial charge on any atom is 0.185 e. The SMILES string of the molecule is O=Cc1ccc(SC2=Nc3ccccc3C2)o1. The molecule has 17 heavy (non-hydrogen) atoms. The summed E-state index contributed by atoms with van der Waals surface area (Å²) in [5, 5.41) is 1.71. The van der Waals surface area contributed by atoms with Crippen molar-refractivity contribution < 1.29 is 9.21 Å². The van der Waals surface area contributed by atoms with E-state index in [-0.39, 0.29) is 0 Å². The van der Waals surface area contributed by atoms with Crippen LogP contribution in [0.3, 0.4) is 0 Å². The van der Waals surface area contributed by atoms with Gasteiger partial charge < -0.3 is 4.42 Å². The van der Waals surface area contributed by atoms with E-state index in [9.17, 15) is 4.79 Å². The number of aliphatic imine (C=N–C) groups is 1. The van der Waals surface area contributed by atoms with Crippen molar-refractivity contribution in [2.75, 3.05) is 0 Å². The number of benzene rings is 1. The molecule has 0 radical (unpaired) electrons. The lowest BCUT2D eigenvalue weighted by atomic mass is 10.2. The van der Waals surface area contributed by atoms with Crippen molar-refractivity contribution >= 4 is 28.8 Å². The fourth-order valence-electron chi connectivity index (χ4n) is 1.73. The highest BCUT2D eigenvalue weighted by atomic mass is 32.2. The Hall–Kier alpha value is -1.81. The molecule has 1 aliphatic rings. The van der Waals surface area contributed by atoms with E-state index in [1.54, 1.807) is 12.1 Å². The van der Waals surface area contributed by atoms with Crippen LogP contribution in [0, 0.1) is 0 Å². The second-order valence-corrected chi connectivity index (χ2v) is 4.77. The van der Waals surface area contributed by atoms with Crippen LogP contribution in [0.5, 0.6) is 0 Å². The zero-order valence-corrected chi connectivity index (χ0v) is 9.74. The van der Waals surface area contributed by atoms with Gasteiger partial charge in [0.1, 0.15) is 0 Å². The van der Waals surface area contributed by atoms with Crippen LogP contribution >= 0.6 is 11.8 Å². The van der Waals surface area contributed by atoms with Gasteiger partial charge in [-0.1, -0.05) is 18.2 Å². The van der Waals surface area contributed by atoms with Gasteiger partial charge in [-0.2, -0.15) is 0 Å². The lowest BCUT2D eigenvalue weighted by Crippen LogP contribution is -1.90. The number of para-hydroxylation sites is 1. The van der Waals surface area contributed by atoms with Crippen LogP contribution < -0.4 is 0 Å². The van der Waals surface area contributed by atoms with E-state index < -0.39 is 0 Å². The summed E-state index contributed by atoms with van der Waals surface area (Å²) in [6.07, 6.45) is 1.53. The summed E-state index contributed by atoms with van der Waals surface area (Å²) < 4.78 is 5.31. The number of carbonyl (C=O) groups is 1. The van der Waals surface area contributed by atoms with Crippen LogP contribution in [0.2, 0.25) is 0 Å². The first-order chi connectivity index (χ1) is 8.35. The van der Waals surface area contributed by atoms with Crippen molar-refractivity contribution in [1.82, 2.24) is 0 Å². The molecule has 3 nitrogen and oxygen atoms in total. The fourth-order valence-corrected chi connectivity index (χ4v) is 2.61. The topological polar surface area (TPSA) is 42.6 Å². The van der Waals surface area contributed by atoms with E-state index in [1.165, 1.54) is 17.3 Å². The third kappa shape index (κ3) is 2.03. The van der Waals surface area contributed by atoms with E-state index in [4.69, 9.17) is 4.42 Å². The highest BCUT2D eigenvalue weighted by molar-refractivity contribution is 8.13. The molecule has 0 saturated heterocycles. The number of thioether (sulfide) groups is 1. The van der Waals surface area contributed by atoms with E-state index >= 15 is 0 Å². The number of rotatable bonds is 2. The predicted octanol–water partition coefficient (Wildman–Crippen LogP) is 3.47. The Labute approximate surface area is 103 Å². The molecule has 0 spiro atoms. The van der Waals surface area contributed by atoms with Gasteiger partial charge >= 0.3 is 0 Å². The lowest BCUT2D eigenvalue weighted by Gasteiger charge is -1.95. The number of fused-ring (bicyclic) bond motifs is 1. The summed E-state index contributed by atoms with van der Waals surface area (Å²) in [6, 6.07) is 11.5. The molecule has 2 aromatic rings. The number of hydrogen-bond acceptors (Lipinski definition) is 4. The first-order valence-electron chi connectivity index (χ1n) is 5.23. The van der Waals surface area contributed by atoms with Gasteiger partial charge in [0.15, 0.2) is 17.1 Å². The molecule has 84 valence electrons. The smallest absolute Gasteiger partial charge is 0.185 e. The summed E-state index contributed by atoms with van der Waals surface area (Å²) >= 11 is 1.47. The van der Waals surface area contributed by atoms with Crippen molar-refractivity contribution in [2.45, 2.75) is 11.5 Å². The third-order valence-electron chi connectivity index (χ3n) is 2.52. The van der Waals surface area contributed by atoms with Crippen LogP contribution in [-0.2, 0) is 6.42 Å². The molecule has 0 amide bonds. The molecule has 0 unspecified atom stereocenters. The minimum Gasteiger partial charge on any atom is -0.447 e. The molecule has 1 aromatic heterocycles. The number of aldehydes is 1. The van der Waals surface area contributed by atoms with Gasteiger partial charge in [-0.3, -0.25) is 4.79 Å². The first-order valence-corrected chi connectivity index (χ1v) is 6.05. The van der Waals surface area contributed by atoms with Crippen LogP contribution in [-0.4, -0.2) is 11.3 Å². The quantitative estimate of drug-likeness (QED) is 0.758. The van der Waals surface area contributed by atoms with Gasteiger partial charge in [0, 0.05) is 6.42 Å². The number of hydrogen-bond donors (Lipinski definition) is 0. The van der Waals surface area contributed by atoms with E-state index in [2.05, 4.69) is 11.1 Å². The summed E-state index contributed by atoms with van der Waals surface area (Å²) in [5.74, 6) is 0.351. The van der Waals surface area contributed by atoms with Gasteiger partial charge in [-0.25, -0.2) is 4.99 Å². The van der Waals surface area contributed by atoms with Crippen LogP contribution in [0.15, 0.2) is 50.9 Å². The molecular weight excluding hydrogens is 234 g/mol. The second kappa shape index (κ2) is 4.22. The Balaban J connectivity index is 1.79. The Morgan fingerprint density at radius 2 is 2.12 bits per heavy atom. The summed E-state index contributed by atoms with van der Waals surface area (Å²) in [7, 11) is 0. The first kappa shape index (κ1) is 10.4. The molecule has 0 aliphatic carbocycles. The zero-order chi connectivity index (χ0) is 11.7.